The Balaban J connectivity index is 2.35. The van der Waals surface area contributed by atoms with Gasteiger partial charge in [-0.1, -0.05) is 26.0 Å². The molecule has 1 aromatic rings. The Hall–Kier alpha value is -1.51. The molecule has 0 saturated carbocycles. The Labute approximate surface area is 102 Å². The van der Waals surface area contributed by atoms with Gasteiger partial charge in [0.1, 0.15) is 0 Å². The predicted octanol–water partition coefficient (Wildman–Crippen LogP) is 2.87. The van der Waals surface area contributed by atoms with Crippen molar-refractivity contribution < 1.29 is 9.90 Å². The van der Waals surface area contributed by atoms with Gasteiger partial charge in [-0.2, -0.15) is 0 Å². The van der Waals surface area contributed by atoms with Gasteiger partial charge in [-0.25, -0.2) is 0 Å². The molecule has 1 aliphatic heterocycles. The fourth-order valence-electron chi connectivity index (χ4n) is 2.50. The van der Waals surface area contributed by atoms with Crippen molar-refractivity contribution in [3.05, 3.63) is 29.3 Å². The fourth-order valence-corrected chi connectivity index (χ4v) is 2.50. The van der Waals surface area contributed by atoms with E-state index in [1.807, 2.05) is 26.0 Å². The Morgan fingerprint density at radius 2 is 2.18 bits per heavy atom. The highest BCUT2D eigenvalue weighted by atomic mass is 16.4. The summed E-state index contributed by atoms with van der Waals surface area (Å²) in [6.07, 6.45) is 2.16. The second-order valence-electron chi connectivity index (χ2n) is 5.01. The highest BCUT2D eigenvalue weighted by molar-refractivity contribution is 5.77. The third-order valence-electron chi connectivity index (χ3n) is 3.36. The average Bonchev–Trinajstić information content (AvgIpc) is 2.28. The quantitative estimate of drug-likeness (QED) is 0.844. The van der Waals surface area contributed by atoms with Gasteiger partial charge in [-0.05, 0) is 36.0 Å². The number of hydrogen-bond donors (Lipinski definition) is 2. The fraction of sp³-hybridized carbons (Fsp3) is 0.500. The molecule has 2 rings (SSSR count). The van der Waals surface area contributed by atoms with Crippen LogP contribution in [0.15, 0.2) is 18.2 Å². The van der Waals surface area contributed by atoms with Gasteiger partial charge in [0.15, 0.2) is 0 Å². The molecule has 0 aromatic heterocycles. The normalized spacial score (nSPS) is 16.2. The molecule has 1 heterocycles. The van der Waals surface area contributed by atoms with E-state index in [2.05, 4.69) is 11.4 Å². The number of fused-ring (bicyclic) bond motifs is 1. The average molecular weight is 233 g/mol. The molecule has 1 unspecified atom stereocenters. The first kappa shape index (κ1) is 12.0. The Morgan fingerprint density at radius 3 is 2.82 bits per heavy atom. The molecule has 3 heteroatoms. The smallest absolute Gasteiger partial charge is 0.311 e. The third kappa shape index (κ3) is 2.43. The van der Waals surface area contributed by atoms with Gasteiger partial charge in [0.05, 0.1) is 5.92 Å². The van der Waals surface area contributed by atoms with Gasteiger partial charge >= 0.3 is 5.97 Å². The first-order valence-corrected chi connectivity index (χ1v) is 6.19. The van der Waals surface area contributed by atoms with Crippen LogP contribution in [0.25, 0.3) is 0 Å². The maximum absolute atomic E-state index is 11.3. The third-order valence-corrected chi connectivity index (χ3v) is 3.36. The molecule has 3 nitrogen and oxygen atoms in total. The van der Waals surface area contributed by atoms with Crippen LogP contribution < -0.4 is 5.32 Å². The first-order valence-electron chi connectivity index (χ1n) is 6.19. The van der Waals surface area contributed by atoms with E-state index in [1.165, 1.54) is 5.56 Å². The van der Waals surface area contributed by atoms with E-state index in [1.54, 1.807) is 0 Å². The lowest BCUT2D eigenvalue weighted by atomic mass is 9.86. The minimum absolute atomic E-state index is 0.113. The standard InChI is InChI=1S/C14H19NO2/c1-9(2)13(14(16)17)11-5-6-12-10(8-11)4-3-7-15-12/h5-6,8-9,13,15H,3-4,7H2,1-2H3,(H,16,17). The van der Waals surface area contributed by atoms with E-state index in [4.69, 9.17) is 0 Å². The van der Waals surface area contributed by atoms with Crippen molar-refractivity contribution in [1.82, 2.24) is 0 Å². The van der Waals surface area contributed by atoms with Crippen LogP contribution in [0.2, 0.25) is 0 Å². The Bertz CT molecular complexity index is 426. The molecule has 0 aliphatic carbocycles. The second kappa shape index (κ2) is 4.78. The van der Waals surface area contributed by atoms with Gasteiger partial charge in [0.25, 0.3) is 0 Å². The lowest BCUT2D eigenvalue weighted by molar-refractivity contribution is -0.139. The summed E-state index contributed by atoms with van der Waals surface area (Å²) in [4.78, 5) is 11.3. The van der Waals surface area contributed by atoms with Crippen LogP contribution in [-0.2, 0) is 11.2 Å². The zero-order valence-electron chi connectivity index (χ0n) is 10.4. The van der Waals surface area contributed by atoms with Crippen LogP contribution in [0.4, 0.5) is 5.69 Å². The van der Waals surface area contributed by atoms with Gasteiger partial charge in [0, 0.05) is 12.2 Å². The number of aliphatic carboxylic acids is 1. The lowest BCUT2D eigenvalue weighted by Gasteiger charge is -2.22. The topological polar surface area (TPSA) is 49.3 Å². The SMILES string of the molecule is CC(C)C(C(=O)O)c1ccc2c(c1)CCCN2. The number of carboxylic acids is 1. The molecule has 1 atom stereocenters. The number of nitrogens with one attached hydrogen (secondary N) is 1. The van der Waals surface area contributed by atoms with E-state index in [-0.39, 0.29) is 5.92 Å². The summed E-state index contributed by atoms with van der Waals surface area (Å²) < 4.78 is 0. The Morgan fingerprint density at radius 1 is 1.41 bits per heavy atom. The molecule has 92 valence electrons. The van der Waals surface area contributed by atoms with Crippen LogP contribution in [0.3, 0.4) is 0 Å². The van der Waals surface area contributed by atoms with Gasteiger partial charge in [-0.3, -0.25) is 4.79 Å². The van der Waals surface area contributed by atoms with Crippen molar-refractivity contribution >= 4 is 11.7 Å². The van der Waals surface area contributed by atoms with Crippen molar-refractivity contribution in [2.75, 3.05) is 11.9 Å². The summed E-state index contributed by atoms with van der Waals surface area (Å²) in [6, 6.07) is 6.01. The minimum Gasteiger partial charge on any atom is -0.481 e. The summed E-state index contributed by atoms with van der Waals surface area (Å²) in [5.41, 5.74) is 3.34. The largest absolute Gasteiger partial charge is 0.481 e. The molecular weight excluding hydrogens is 214 g/mol. The summed E-state index contributed by atoms with van der Waals surface area (Å²) in [7, 11) is 0. The molecule has 2 N–H and O–H groups in total. The molecule has 0 bridgehead atoms. The first-order chi connectivity index (χ1) is 8.09. The summed E-state index contributed by atoms with van der Waals surface area (Å²) in [6.45, 7) is 4.92. The maximum atomic E-state index is 11.3. The minimum atomic E-state index is -0.733. The second-order valence-corrected chi connectivity index (χ2v) is 5.01. The highest BCUT2D eigenvalue weighted by Crippen LogP contribution is 2.30. The number of anilines is 1. The van der Waals surface area contributed by atoms with E-state index >= 15 is 0 Å². The molecular formula is C14H19NO2. The number of rotatable bonds is 3. The molecule has 1 aliphatic rings. The van der Waals surface area contributed by atoms with Crippen molar-refractivity contribution in [3.63, 3.8) is 0 Å². The van der Waals surface area contributed by atoms with Crippen molar-refractivity contribution in [3.8, 4) is 0 Å². The number of aryl methyl sites for hydroxylation is 1. The van der Waals surface area contributed by atoms with E-state index in [9.17, 15) is 9.90 Å². The summed E-state index contributed by atoms with van der Waals surface area (Å²) in [5, 5.41) is 12.6. The van der Waals surface area contributed by atoms with Crippen LogP contribution in [0, 0.1) is 5.92 Å². The Kier molecular flexibility index (Phi) is 3.36. The van der Waals surface area contributed by atoms with E-state index in [0.29, 0.717) is 0 Å². The molecule has 1 aromatic carbocycles. The zero-order chi connectivity index (χ0) is 12.4. The molecule has 17 heavy (non-hydrogen) atoms. The number of carbonyl (C=O) groups is 1. The highest BCUT2D eigenvalue weighted by Gasteiger charge is 2.24. The summed E-state index contributed by atoms with van der Waals surface area (Å²) >= 11 is 0. The van der Waals surface area contributed by atoms with Crippen molar-refractivity contribution in [1.29, 1.82) is 0 Å². The lowest BCUT2D eigenvalue weighted by Crippen LogP contribution is -2.19. The van der Waals surface area contributed by atoms with Gasteiger partial charge in [-0.15, -0.1) is 0 Å². The number of benzene rings is 1. The van der Waals surface area contributed by atoms with Crippen molar-refractivity contribution in [2.24, 2.45) is 5.92 Å². The van der Waals surface area contributed by atoms with E-state index in [0.717, 1.165) is 30.6 Å². The van der Waals surface area contributed by atoms with E-state index < -0.39 is 11.9 Å². The van der Waals surface area contributed by atoms with Gasteiger partial charge in [0.2, 0.25) is 0 Å². The molecule has 0 fully saturated rings. The predicted molar refractivity (Wildman–Crippen MR) is 68.5 cm³/mol. The monoisotopic (exact) mass is 233 g/mol. The summed E-state index contributed by atoms with van der Waals surface area (Å²) in [5.74, 6) is -1.02. The van der Waals surface area contributed by atoms with Crippen molar-refractivity contribution in [2.45, 2.75) is 32.6 Å². The van der Waals surface area contributed by atoms with Crippen LogP contribution in [-0.4, -0.2) is 17.6 Å². The van der Waals surface area contributed by atoms with Crippen LogP contribution >= 0.6 is 0 Å². The number of hydrogen-bond acceptors (Lipinski definition) is 2. The molecule has 0 amide bonds. The van der Waals surface area contributed by atoms with Gasteiger partial charge < -0.3 is 10.4 Å². The van der Waals surface area contributed by atoms with Crippen LogP contribution in [0.1, 0.15) is 37.3 Å². The molecule has 0 spiro atoms. The zero-order valence-corrected chi connectivity index (χ0v) is 10.4. The number of carboxylic acid groups (broad SMARTS) is 1. The molecule has 0 radical (unpaired) electrons. The maximum Gasteiger partial charge on any atom is 0.311 e. The van der Waals surface area contributed by atoms with Crippen LogP contribution in [0.5, 0.6) is 0 Å². The molecule has 0 saturated heterocycles.